The van der Waals surface area contributed by atoms with E-state index in [1.54, 1.807) is 6.21 Å². The van der Waals surface area contributed by atoms with Gasteiger partial charge >= 0.3 is 0 Å². The number of nitrogens with zero attached hydrogens (tertiary/aromatic N) is 2. The maximum Gasteiger partial charge on any atom is 0.126 e. The van der Waals surface area contributed by atoms with Crippen LogP contribution < -0.4 is 10.6 Å². The molecule has 0 unspecified atom stereocenters. The molecule has 2 fully saturated rings. The van der Waals surface area contributed by atoms with Gasteiger partial charge in [-0.2, -0.15) is 0 Å². The van der Waals surface area contributed by atoms with Gasteiger partial charge in [0.1, 0.15) is 11.6 Å². The molecule has 0 radical (unpaired) electrons. The van der Waals surface area contributed by atoms with Crippen LogP contribution in [0.5, 0.6) is 0 Å². The van der Waals surface area contributed by atoms with Crippen LogP contribution in [0, 0.1) is 17.2 Å². The Morgan fingerprint density at radius 1 is 0.931 bits per heavy atom. The van der Waals surface area contributed by atoms with E-state index in [0.29, 0.717) is 17.9 Å². The highest BCUT2D eigenvalue weighted by Crippen LogP contribution is 2.27. The number of pyridine rings is 2. The maximum absolute atomic E-state index is 7.44. The van der Waals surface area contributed by atoms with Crippen molar-refractivity contribution in [1.82, 2.24) is 9.97 Å². The first-order valence-corrected chi connectivity index (χ1v) is 10.8. The molecule has 2 aromatic rings. The Morgan fingerprint density at radius 3 is 2.28 bits per heavy atom. The van der Waals surface area contributed by atoms with Gasteiger partial charge in [0.05, 0.1) is 0 Å². The molecule has 0 spiro atoms. The van der Waals surface area contributed by atoms with Crippen molar-refractivity contribution >= 4 is 17.9 Å². The zero-order valence-electron chi connectivity index (χ0n) is 16.9. The SMILES string of the molecule is N=CC1CCC(Nc2cc(-c3ccnc(NCC4CCOCC4)c3)ccn2)CC1. The summed E-state index contributed by atoms with van der Waals surface area (Å²) < 4.78 is 5.44. The predicted octanol–water partition coefficient (Wildman–Crippen LogP) is 4.60. The van der Waals surface area contributed by atoms with Gasteiger partial charge in [-0.1, -0.05) is 0 Å². The number of hydrogen-bond donors (Lipinski definition) is 3. The van der Waals surface area contributed by atoms with Gasteiger partial charge in [-0.05, 0) is 92.0 Å². The molecule has 0 aromatic carbocycles. The number of rotatable bonds is 7. The summed E-state index contributed by atoms with van der Waals surface area (Å²) in [4.78, 5) is 9.01. The Kier molecular flexibility index (Phi) is 6.72. The van der Waals surface area contributed by atoms with Crippen molar-refractivity contribution in [3.63, 3.8) is 0 Å². The third-order valence-corrected chi connectivity index (χ3v) is 6.13. The molecule has 1 aliphatic heterocycles. The summed E-state index contributed by atoms with van der Waals surface area (Å²) in [5.74, 6) is 2.96. The molecule has 1 aliphatic carbocycles. The summed E-state index contributed by atoms with van der Waals surface area (Å²) in [7, 11) is 0. The quantitative estimate of drug-likeness (QED) is 0.599. The smallest absolute Gasteiger partial charge is 0.126 e. The highest BCUT2D eigenvalue weighted by molar-refractivity contribution is 5.68. The average molecular weight is 394 g/mol. The zero-order chi connectivity index (χ0) is 19.9. The number of nitrogens with one attached hydrogen (secondary N) is 3. The molecule has 1 saturated carbocycles. The normalized spacial score (nSPS) is 22.8. The number of hydrogen-bond acceptors (Lipinski definition) is 6. The minimum Gasteiger partial charge on any atom is -0.381 e. The van der Waals surface area contributed by atoms with Crippen molar-refractivity contribution in [2.24, 2.45) is 11.8 Å². The lowest BCUT2D eigenvalue weighted by molar-refractivity contribution is 0.0699. The van der Waals surface area contributed by atoms with E-state index in [4.69, 9.17) is 10.1 Å². The zero-order valence-corrected chi connectivity index (χ0v) is 16.9. The van der Waals surface area contributed by atoms with E-state index in [0.717, 1.165) is 81.0 Å². The summed E-state index contributed by atoms with van der Waals surface area (Å²) >= 11 is 0. The van der Waals surface area contributed by atoms with E-state index in [1.165, 1.54) is 0 Å². The van der Waals surface area contributed by atoms with Crippen LogP contribution in [0.2, 0.25) is 0 Å². The molecule has 0 amide bonds. The van der Waals surface area contributed by atoms with Gasteiger partial charge in [0, 0.05) is 38.2 Å². The van der Waals surface area contributed by atoms with E-state index < -0.39 is 0 Å². The number of ether oxygens (including phenoxy) is 1. The summed E-state index contributed by atoms with van der Waals surface area (Å²) in [6.07, 6.45) is 12.0. The molecular formula is C23H31N5O. The minimum absolute atomic E-state index is 0.447. The third kappa shape index (κ3) is 5.54. The van der Waals surface area contributed by atoms with Gasteiger partial charge < -0.3 is 20.8 Å². The van der Waals surface area contributed by atoms with Crippen LogP contribution in [0.4, 0.5) is 11.6 Å². The molecule has 2 aliphatic rings. The molecule has 6 heteroatoms. The molecule has 3 N–H and O–H groups in total. The second-order valence-corrected chi connectivity index (χ2v) is 8.22. The molecule has 2 aromatic heterocycles. The monoisotopic (exact) mass is 393 g/mol. The van der Waals surface area contributed by atoms with E-state index >= 15 is 0 Å². The first-order valence-electron chi connectivity index (χ1n) is 10.8. The molecule has 6 nitrogen and oxygen atoms in total. The highest BCUT2D eigenvalue weighted by Gasteiger charge is 2.20. The lowest BCUT2D eigenvalue weighted by Gasteiger charge is -2.27. The topological polar surface area (TPSA) is 82.9 Å². The van der Waals surface area contributed by atoms with Crippen LogP contribution in [0.3, 0.4) is 0 Å². The Balaban J connectivity index is 1.38. The largest absolute Gasteiger partial charge is 0.381 e. The van der Waals surface area contributed by atoms with E-state index in [-0.39, 0.29) is 0 Å². The fourth-order valence-corrected chi connectivity index (χ4v) is 4.23. The summed E-state index contributed by atoms with van der Waals surface area (Å²) in [6.45, 7) is 2.69. The van der Waals surface area contributed by atoms with Gasteiger partial charge in [0.25, 0.3) is 0 Å². The molecule has 0 atom stereocenters. The highest BCUT2D eigenvalue weighted by atomic mass is 16.5. The van der Waals surface area contributed by atoms with Crippen molar-refractivity contribution in [3.8, 4) is 11.1 Å². The first kappa shape index (κ1) is 19.8. The van der Waals surface area contributed by atoms with Gasteiger partial charge in [0.2, 0.25) is 0 Å². The predicted molar refractivity (Wildman–Crippen MR) is 118 cm³/mol. The average Bonchev–Trinajstić information content (AvgIpc) is 2.79. The number of aromatic nitrogens is 2. The first-order chi connectivity index (χ1) is 14.3. The van der Waals surface area contributed by atoms with E-state index in [2.05, 4.69) is 38.8 Å². The molecular weight excluding hydrogens is 362 g/mol. The second-order valence-electron chi connectivity index (χ2n) is 8.22. The van der Waals surface area contributed by atoms with Crippen molar-refractivity contribution < 1.29 is 4.74 Å². The Hall–Kier alpha value is -2.47. The van der Waals surface area contributed by atoms with Crippen molar-refractivity contribution in [2.75, 3.05) is 30.4 Å². The van der Waals surface area contributed by atoms with Gasteiger partial charge in [-0.15, -0.1) is 0 Å². The lowest BCUT2D eigenvalue weighted by atomic mass is 9.87. The van der Waals surface area contributed by atoms with Crippen molar-refractivity contribution in [3.05, 3.63) is 36.7 Å². The summed E-state index contributed by atoms with van der Waals surface area (Å²) in [5, 5.41) is 14.5. The van der Waals surface area contributed by atoms with Gasteiger partial charge in [-0.25, -0.2) is 9.97 Å². The van der Waals surface area contributed by atoms with Crippen LogP contribution in [0.25, 0.3) is 11.1 Å². The van der Waals surface area contributed by atoms with Gasteiger partial charge in [-0.3, -0.25) is 0 Å². The van der Waals surface area contributed by atoms with Crippen LogP contribution in [0.1, 0.15) is 38.5 Å². The summed E-state index contributed by atoms with van der Waals surface area (Å²) in [6, 6.07) is 8.79. The fraction of sp³-hybridized carbons (Fsp3) is 0.522. The van der Waals surface area contributed by atoms with Crippen LogP contribution >= 0.6 is 0 Å². The van der Waals surface area contributed by atoms with Crippen molar-refractivity contribution in [1.29, 1.82) is 5.41 Å². The third-order valence-electron chi connectivity index (χ3n) is 6.13. The van der Waals surface area contributed by atoms with Crippen LogP contribution in [-0.4, -0.2) is 42.0 Å². The van der Waals surface area contributed by atoms with E-state index in [9.17, 15) is 0 Å². The minimum atomic E-state index is 0.447. The van der Waals surface area contributed by atoms with Crippen LogP contribution in [0.15, 0.2) is 36.7 Å². The summed E-state index contributed by atoms with van der Waals surface area (Å²) in [5.41, 5.74) is 2.29. The Labute approximate surface area is 173 Å². The van der Waals surface area contributed by atoms with Crippen LogP contribution in [-0.2, 0) is 4.74 Å². The Morgan fingerprint density at radius 2 is 1.59 bits per heavy atom. The van der Waals surface area contributed by atoms with E-state index in [1.807, 2.05) is 18.5 Å². The standard InChI is InChI=1S/C23H31N5O/c24-15-17-1-3-21(4-2-17)28-23-14-20(6-10-26-23)19-5-9-25-22(13-19)27-16-18-7-11-29-12-8-18/h5-6,9-10,13-15,17-18,21,24H,1-4,7-8,11-12,16H2,(H,25,27)(H,26,28). The number of anilines is 2. The fourth-order valence-electron chi connectivity index (χ4n) is 4.23. The maximum atomic E-state index is 7.44. The molecule has 1 saturated heterocycles. The lowest BCUT2D eigenvalue weighted by Crippen LogP contribution is -2.26. The van der Waals surface area contributed by atoms with Crippen molar-refractivity contribution in [2.45, 2.75) is 44.6 Å². The molecule has 4 rings (SSSR count). The Bertz CT molecular complexity index is 797. The van der Waals surface area contributed by atoms with Gasteiger partial charge in [0.15, 0.2) is 0 Å². The molecule has 0 bridgehead atoms. The molecule has 29 heavy (non-hydrogen) atoms. The molecule has 154 valence electrons. The second kappa shape index (κ2) is 9.83. The molecule has 3 heterocycles.